The number of hydrogen-bond acceptors (Lipinski definition) is 5. The van der Waals surface area contributed by atoms with Gasteiger partial charge in [0.25, 0.3) is 5.91 Å². The summed E-state index contributed by atoms with van der Waals surface area (Å²) >= 11 is 0. The fraction of sp³-hybridized carbons (Fsp3) is 0.318. The molecule has 1 aliphatic carbocycles. The van der Waals surface area contributed by atoms with Crippen molar-refractivity contribution >= 4 is 23.4 Å². The van der Waals surface area contributed by atoms with Crippen LogP contribution >= 0.6 is 0 Å². The Morgan fingerprint density at radius 1 is 0.967 bits per heavy atom. The zero-order valence-electron chi connectivity index (χ0n) is 16.8. The van der Waals surface area contributed by atoms with Crippen LogP contribution in [0.2, 0.25) is 0 Å². The van der Waals surface area contributed by atoms with Gasteiger partial charge in [0, 0.05) is 24.2 Å². The molecule has 0 radical (unpaired) electrons. The zero-order chi connectivity index (χ0) is 21.3. The summed E-state index contributed by atoms with van der Waals surface area (Å²) in [4.78, 5) is 35.6. The van der Waals surface area contributed by atoms with Gasteiger partial charge in [-0.15, -0.1) is 0 Å². The molecule has 1 saturated carbocycles. The van der Waals surface area contributed by atoms with Crippen LogP contribution in [0.25, 0.3) is 0 Å². The fourth-order valence-electron chi connectivity index (χ4n) is 2.64. The molecule has 0 aliphatic heterocycles. The summed E-state index contributed by atoms with van der Waals surface area (Å²) in [5.41, 5.74) is 1.55. The molecule has 8 heteroatoms. The van der Waals surface area contributed by atoms with Crippen molar-refractivity contribution in [3.05, 3.63) is 54.1 Å². The average molecular weight is 411 g/mol. The van der Waals surface area contributed by atoms with E-state index < -0.39 is 5.91 Å². The van der Waals surface area contributed by atoms with Crippen LogP contribution in [-0.2, 0) is 20.9 Å². The number of nitrogens with one attached hydrogen (secondary N) is 3. The fourth-order valence-corrected chi connectivity index (χ4v) is 2.64. The largest absolute Gasteiger partial charge is 0.497 e. The number of amides is 3. The molecule has 3 amide bonds. The standard InChI is InChI=1S/C22H25N3O5/c1-29-18-9-5-15(6-10-18)12-23-20(26)13-24-21(27)14-30-19-4-2-3-17(11-19)25-22(28)16-7-8-16/h2-6,9-11,16H,7-8,12-14H2,1H3,(H,23,26)(H,24,27)(H,25,28). The monoisotopic (exact) mass is 411 g/mol. The minimum atomic E-state index is -0.415. The number of ether oxygens (including phenoxy) is 2. The average Bonchev–Trinajstić information content (AvgIpc) is 3.61. The smallest absolute Gasteiger partial charge is 0.258 e. The van der Waals surface area contributed by atoms with Crippen LogP contribution in [0.3, 0.4) is 0 Å². The molecule has 3 rings (SSSR count). The lowest BCUT2D eigenvalue weighted by Gasteiger charge is -2.10. The van der Waals surface area contributed by atoms with Crippen LogP contribution < -0.4 is 25.4 Å². The molecule has 0 saturated heterocycles. The minimum Gasteiger partial charge on any atom is -0.497 e. The summed E-state index contributed by atoms with van der Waals surface area (Å²) in [6.45, 7) is -0.0177. The second kappa shape index (κ2) is 10.3. The van der Waals surface area contributed by atoms with Gasteiger partial charge < -0.3 is 25.4 Å². The lowest BCUT2D eigenvalue weighted by atomic mass is 10.2. The number of rotatable bonds is 10. The predicted molar refractivity (Wildman–Crippen MR) is 111 cm³/mol. The molecule has 1 fully saturated rings. The molecule has 0 unspecified atom stereocenters. The van der Waals surface area contributed by atoms with Crippen molar-refractivity contribution in [1.29, 1.82) is 0 Å². The third kappa shape index (κ3) is 6.80. The lowest BCUT2D eigenvalue weighted by Crippen LogP contribution is -2.38. The topological polar surface area (TPSA) is 106 Å². The quantitative estimate of drug-likeness (QED) is 0.553. The Kier molecular flexibility index (Phi) is 7.26. The highest BCUT2D eigenvalue weighted by atomic mass is 16.5. The van der Waals surface area contributed by atoms with Crippen LogP contribution in [-0.4, -0.2) is 38.0 Å². The summed E-state index contributed by atoms with van der Waals surface area (Å²) in [6, 6.07) is 14.2. The maximum Gasteiger partial charge on any atom is 0.258 e. The molecular formula is C22H25N3O5. The van der Waals surface area contributed by atoms with E-state index in [9.17, 15) is 14.4 Å². The maximum atomic E-state index is 11.9. The van der Waals surface area contributed by atoms with Gasteiger partial charge in [0.1, 0.15) is 11.5 Å². The first-order valence-corrected chi connectivity index (χ1v) is 9.73. The molecule has 1 aliphatic rings. The second-order valence-corrected chi connectivity index (χ2v) is 6.98. The molecule has 2 aromatic carbocycles. The van der Waals surface area contributed by atoms with Gasteiger partial charge in [-0.2, -0.15) is 0 Å². The number of anilines is 1. The lowest BCUT2D eigenvalue weighted by molar-refractivity contribution is -0.127. The Bertz CT molecular complexity index is 894. The van der Waals surface area contributed by atoms with E-state index in [1.54, 1.807) is 31.4 Å². The highest BCUT2D eigenvalue weighted by Crippen LogP contribution is 2.30. The minimum absolute atomic E-state index is 0.00513. The van der Waals surface area contributed by atoms with E-state index in [-0.39, 0.29) is 30.9 Å². The van der Waals surface area contributed by atoms with Crippen molar-refractivity contribution in [2.75, 3.05) is 25.6 Å². The first kappa shape index (κ1) is 21.2. The number of methoxy groups -OCH3 is 1. The van der Waals surface area contributed by atoms with Crippen molar-refractivity contribution in [1.82, 2.24) is 10.6 Å². The summed E-state index contributed by atoms with van der Waals surface area (Å²) in [5.74, 6) is 0.601. The Hall–Kier alpha value is -3.55. The van der Waals surface area contributed by atoms with Crippen molar-refractivity contribution < 1.29 is 23.9 Å². The first-order chi connectivity index (χ1) is 14.5. The van der Waals surface area contributed by atoms with E-state index in [2.05, 4.69) is 16.0 Å². The van der Waals surface area contributed by atoms with Gasteiger partial charge in [0.15, 0.2) is 6.61 Å². The molecule has 2 aromatic rings. The van der Waals surface area contributed by atoms with E-state index in [1.807, 2.05) is 24.3 Å². The number of hydrogen-bond donors (Lipinski definition) is 3. The van der Waals surface area contributed by atoms with Gasteiger partial charge in [-0.05, 0) is 42.7 Å². The van der Waals surface area contributed by atoms with E-state index in [4.69, 9.17) is 9.47 Å². The summed E-state index contributed by atoms with van der Waals surface area (Å²) in [7, 11) is 1.59. The molecule has 0 atom stereocenters. The van der Waals surface area contributed by atoms with Crippen LogP contribution in [0, 0.1) is 5.92 Å². The first-order valence-electron chi connectivity index (χ1n) is 9.73. The van der Waals surface area contributed by atoms with Crippen molar-refractivity contribution in [2.24, 2.45) is 5.92 Å². The number of benzene rings is 2. The molecule has 30 heavy (non-hydrogen) atoms. The van der Waals surface area contributed by atoms with Crippen LogP contribution in [0.5, 0.6) is 11.5 Å². The summed E-state index contributed by atoms with van der Waals surface area (Å²) < 4.78 is 10.5. The van der Waals surface area contributed by atoms with Crippen molar-refractivity contribution in [3.63, 3.8) is 0 Å². The van der Waals surface area contributed by atoms with Crippen LogP contribution in [0.4, 0.5) is 5.69 Å². The van der Waals surface area contributed by atoms with Gasteiger partial charge >= 0.3 is 0 Å². The summed E-state index contributed by atoms with van der Waals surface area (Å²) in [6.07, 6.45) is 1.85. The van der Waals surface area contributed by atoms with Crippen molar-refractivity contribution in [3.8, 4) is 11.5 Å². The molecule has 8 nitrogen and oxygen atoms in total. The Morgan fingerprint density at radius 3 is 2.43 bits per heavy atom. The predicted octanol–water partition coefficient (Wildman–Crippen LogP) is 1.86. The van der Waals surface area contributed by atoms with E-state index >= 15 is 0 Å². The van der Waals surface area contributed by atoms with Crippen molar-refractivity contribution in [2.45, 2.75) is 19.4 Å². The van der Waals surface area contributed by atoms with Crippen LogP contribution in [0.1, 0.15) is 18.4 Å². The molecular weight excluding hydrogens is 386 g/mol. The van der Waals surface area contributed by atoms with E-state index in [0.29, 0.717) is 18.0 Å². The molecule has 158 valence electrons. The molecule has 0 heterocycles. The zero-order valence-corrected chi connectivity index (χ0v) is 16.8. The Labute approximate surface area is 174 Å². The maximum absolute atomic E-state index is 11.9. The van der Waals surface area contributed by atoms with E-state index in [0.717, 1.165) is 24.2 Å². The normalized spacial score (nSPS) is 12.6. The Balaban J connectivity index is 1.35. The highest BCUT2D eigenvalue weighted by Gasteiger charge is 2.29. The third-order valence-electron chi connectivity index (χ3n) is 4.51. The van der Waals surface area contributed by atoms with Gasteiger partial charge in [0.05, 0.1) is 13.7 Å². The molecule has 0 spiro atoms. The third-order valence-corrected chi connectivity index (χ3v) is 4.51. The second-order valence-electron chi connectivity index (χ2n) is 6.98. The summed E-state index contributed by atoms with van der Waals surface area (Å²) in [5, 5.41) is 8.07. The Morgan fingerprint density at radius 2 is 1.73 bits per heavy atom. The van der Waals surface area contributed by atoms with Gasteiger partial charge in [-0.25, -0.2) is 0 Å². The van der Waals surface area contributed by atoms with E-state index in [1.165, 1.54) is 0 Å². The molecule has 0 bridgehead atoms. The molecule has 0 aromatic heterocycles. The number of carbonyl (C=O) groups is 3. The highest BCUT2D eigenvalue weighted by molar-refractivity contribution is 5.94. The van der Waals surface area contributed by atoms with Crippen LogP contribution in [0.15, 0.2) is 48.5 Å². The SMILES string of the molecule is COc1ccc(CNC(=O)CNC(=O)COc2cccc(NC(=O)C3CC3)c2)cc1. The number of carbonyl (C=O) groups excluding carboxylic acids is 3. The van der Waals surface area contributed by atoms with Gasteiger partial charge in [0.2, 0.25) is 11.8 Å². The van der Waals surface area contributed by atoms with Gasteiger partial charge in [-0.1, -0.05) is 18.2 Å². The molecule has 3 N–H and O–H groups in total. The van der Waals surface area contributed by atoms with Gasteiger partial charge in [-0.3, -0.25) is 14.4 Å².